The highest BCUT2D eigenvalue weighted by Gasteiger charge is 2.12. The number of hydrogen-bond donors (Lipinski definition) is 1. The average molecular weight is 420 g/mol. The fourth-order valence-electron chi connectivity index (χ4n) is 2.82. The van der Waals surface area contributed by atoms with E-state index in [1.54, 1.807) is 13.2 Å². The van der Waals surface area contributed by atoms with Crippen LogP contribution < -0.4 is 14.8 Å². The van der Waals surface area contributed by atoms with Crippen LogP contribution in [0.2, 0.25) is 24.2 Å². The van der Waals surface area contributed by atoms with Gasteiger partial charge in [0.1, 0.15) is 18.0 Å². The minimum absolute atomic E-state index is 0.0442. The lowest BCUT2D eigenvalue weighted by atomic mass is 10.2. The Morgan fingerprint density at radius 1 is 1.14 bits per heavy atom. The number of nitrogens with zero attached hydrogens (tertiary/aromatic N) is 2. The highest BCUT2D eigenvalue weighted by Crippen LogP contribution is 2.35. The van der Waals surface area contributed by atoms with Crippen LogP contribution in [0.25, 0.3) is 10.9 Å². The van der Waals surface area contributed by atoms with Crippen molar-refractivity contribution >= 4 is 42.8 Å². The lowest BCUT2D eigenvalue weighted by Gasteiger charge is -2.14. The topological polar surface area (TPSA) is 56.3 Å². The van der Waals surface area contributed by atoms with Crippen LogP contribution >= 0.6 is 11.6 Å². The quantitative estimate of drug-likeness (QED) is 0.389. The van der Waals surface area contributed by atoms with Gasteiger partial charge in [-0.1, -0.05) is 30.7 Å². The molecule has 0 aliphatic carbocycles. The molecule has 148 valence electrons. The van der Waals surface area contributed by atoms with Crippen LogP contribution in [0.4, 0.5) is 15.9 Å². The van der Waals surface area contributed by atoms with Crippen molar-refractivity contribution in [1.82, 2.24) is 9.97 Å². The smallest absolute Gasteiger partial charge is 0.162 e. The molecular formula is C20H23ClFN3O2Si. The van der Waals surface area contributed by atoms with Gasteiger partial charge in [-0.3, -0.25) is 0 Å². The summed E-state index contributed by atoms with van der Waals surface area (Å²) in [6.07, 6.45) is 2.48. The molecule has 3 aromatic rings. The summed E-state index contributed by atoms with van der Waals surface area (Å²) >= 11 is 5.87. The first-order chi connectivity index (χ1) is 13.5. The first-order valence-corrected chi connectivity index (χ1v) is 12.7. The van der Waals surface area contributed by atoms with E-state index in [2.05, 4.69) is 28.4 Å². The molecule has 0 unspecified atom stereocenters. The SMILES string of the molecule is COc1cc2ncnc(Nc3ccc(F)c(Cl)c3)c2cc1OCCC[SiH](C)C. The number of fused-ring (bicyclic) bond motifs is 1. The van der Waals surface area contributed by atoms with Crippen molar-refractivity contribution in [3.05, 3.63) is 47.5 Å². The van der Waals surface area contributed by atoms with Gasteiger partial charge in [0.2, 0.25) is 0 Å². The normalized spacial score (nSPS) is 11.1. The summed E-state index contributed by atoms with van der Waals surface area (Å²) in [7, 11) is 1.02. The second kappa shape index (κ2) is 9.21. The Bertz CT molecular complexity index is 972. The summed E-state index contributed by atoms with van der Waals surface area (Å²) in [4.78, 5) is 8.64. The van der Waals surface area contributed by atoms with E-state index in [0.717, 1.165) is 11.8 Å². The third-order valence-electron chi connectivity index (χ3n) is 4.29. The standard InChI is InChI=1S/C20H23ClFN3O2Si/c1-26-18-11-17-14(10-19(18)27-7-4-8-28(2)3)20(24-12-23-17)25-13-5-6-16(22)15(21)9-13/h5-6,9-12,28H,4,7-8H2,1-3H3,(H,23,24,25). The molecule has 1 aromatic heterocycles. The van der Waals surface area contributed by atoms with Crippen molar-refractivity contribution in [3.8, 4) is 11.5 Å². The van der Waals surface area contributed by atoms with Gasteiger partial charge < -0.3 is 14.8 Å². The van der Waals surface area contributed by atoms with E-state index in [1.165, 1.54) is 24.5 Å². The average Bonchev–Trinajstić information content (AvgIpc) is 2.67. The van der Waals surface area contributed by atoms with Crippen LogP contribution in [-0.4, -0.2) is 32.5 Å². The fourth-order valence-corrected chi connectivity index (χ4v) is 3.98. The summed E-state index contributed by atoms with van der Waals surface area (Å²) in [6, 6.07) is 9.36. The number of methoxy groups -OCH3 is 1. The maximum absolute atomic E-state index is 13.4. The monoisotopic (exact) mass is 419 g/mol. The van der Waals surface area contributed by atoms with Crippen LogP contribution in [0.1, 0.15) is 6.42 Å². The number of halogens is 2. The van der Waals surface area contributed by atoms with Gasteiger partial charge in [-0.15, -0.1) is 0 Å². The fraction of sp³-hybridized carbons (Fsp3) is 0.300. The predicted molar refractivity (Wildman–Crippen MR) is 115 cm³/mol. The van der Waals surface area contributed by atoms with Crippen molar-refractivity contribution in [3.63, 3.8) is 0 Å². The lowest BCUT2D eigenvalue weighted by Crippen LogP contribution is -2.05. The van der Waals surface area contributed by atoms with Gasteiger partial charge in [-0.2, -0.15) is 0 Å². The molecule has 0 spiro atoms. The molecule has 28 heavy (non-hydrogen) atoms. The van der Waals surface area contributed by atoms with Crippen LogP contribution in [-0.2, 0) is 0 Å². The highest BCUT2D eigenvalue weighted by molar-refractivity contribution is 6.55. The van der Waals surface area contributed by atoms with Gasteiger partial charge in [-0.05, 0) is 30.7 Å². The molecule has 0 aliphatic heterocycles. The Morgan fingerprint density at radius 3 is 2.68 bits per heavy atom. The van der Waals surface area contributed by atoms with Crippen molar-refractivity contribution < 1.29 is 13.9 Å². The molecule has 3 rings (SSSR count). The first kappa shape index (κ1) is 20.4. The van der Waals surface area contributed by atoms with Crippen LogP contribution in [0.3, 0.4) is 0 Å². The van der Waals surface area contributed by atoms with Gasteiger partial charge >= 0.3 is 0 Å². The van der Waals surface area contributed by atoms with E-state index < -0.39 is 14.6 Å². The molecule has 1 N–H and O–H groups in total. The Morgan fingerprint density at radius 2 is 1.96 bits per heavy atom. The second-order valence-electron chi connectivity index (χ2n) is 6.88. The van der Waals surface area contributed by atoms with E-state index >= 15 is 0 Å². The molecule has 0 aliphatic rings. The van der Waals surface area contributed by atoms with Crippen LogP contribution in [0, 0.1) is 5.82 Å². The molecule has 0 atom stereocenters. The molecular weight excluding hydrogens is 397 g/mol. The maximum atomic E-state index is 13.4. The molecule has 0 amide bonds. The molecule has 5 nitrogen and oxygen atoms in total. The van der Waals surface area contributed by atoms with E-state index in [1.807, 2.05) is 12.1 Å². The predicted octanol–water partition coefficient (Wildman–Crippen LogP) is 5.43. The highest BCUT2D eigenvalue weighted by atomic mass is 35.5. The minimum Gasteiger partial charge on any atom is -0.493 e. The zero-order chi connectivity index (χ0) is 20.1. The molecule has 0 fully saturated rings. The number of anilines is 2. The largest absolute Gasteiger partial charge is 0.493 e. The van der Waals surface area contributed by atoms with E-state index in [4.69, 9.17) is 21.1 Å². The zero-order valence-corrected chi connectivity index (χ0v) is 18.0. The summed E-state index contributed by atoms with van der Waals surface area (Å²) in [6.45, 7) is 5.29. The maximum Gasteiger partial charge on any atom is 0.162 e. The number of nitrogens with one attached hydrogen (secondary N) is 1. The molecule has 0 radical (unpaired) electrons. The molecule has 0 saturated heterocycles. The Hall–Kier alpha value is -2.38. The van der Waals surface area contributed by atoms with Gasteiger partial charge in [0.25, 0.3) is 0 Å². The van der Waals surface area contributed by atoms with E-state index in [-0.39, 0.29) is 5.02 Å². The Kier molecular flexibility index (Phi) is 6.69. The summed E-state index contributed by atoms with van der Waals surface area (Å²) in [5, 5.41) is 3.99. The number of aromatic nitrogens is 2. The third kappa shape index (κ3) is 4.91. The molecule has 0 saturated carbocycles. The molecule has 1 heterocycles. The van der Waals surface area contributed by atoms with Gasteiger partial charge in [0.05, 0.1) is 24.3 Å². The minimum atomic E-state index is -0.591. The zero-order valence-electron chi connectivity index (χ0n) is 16.1. The van der Waals surface area contributed by atoms with Crippen molar-refractivity contribution in [2.45, 2.75) is 25.6 Å². The summed E-state index contributed by atoms with van der Waals surface area (Å²) < 4.78 is 24.8. The van der Waals surface area contributed by atoms with Gasteiger partial charge in [-0.25, -0.2) is 14.4 Å². The second-order valence-corrected chi connectivity index (χ2v) is 10.7. The van der Waals surface area contributed by atoms with Gasteiger partial charge in [0, 0.05) is 25.9 Å². The van der Waals surface area contributed by atoms with E-state index in [9.17, 15) is 4.39 Å². The number of rotatable bonds is 8. The Balaban J connectivity index is 1.90. The molecule has 2 aromatic carbocycles. The number of benzene rings is 2. The summed E-state index contributed by atoms with van der Waals surface area (Å²) in [5.41, 5.74) is 1.34. The number of ether oxygens (including phenoxy) is 2. The van der Waals surface area contributed by atoms with Crippen molar-refractivity contribution in [2.75, 3.05) is 19.0 Å². The van der Waals surface area contributed by atoms with Gasteiger partial charge in [0.15, 0.2) is 11.5 Å². The van der Waals surface area contributed by atoms with E-state index in [0.29, 0.717) is 35.1 Å². The molecule has 0 bridgehead atoms. The van der Waals surface area contributed by atoms with Crippen molar-refractivity contribution in [2.24, 2.45) is 0 Å². The molecule has 8 heteroatoms. The van der Waals surface area contributed by atoms with Crippen LogP contribution in [0.5, 0.6) is 11.5 Å². The van der Waals surface area contributed by atoms with Crippen LogP contribution in [0.15, 0.2) is 36.7 Å². The third-order valence-corrected chi connectivity index (χ3v) is 6.14. The first-order valence-electron chi connectivity index (χ1n) is 9.15. The number of hydrogen-bond acceptors (Lipinski definition) is 5. The lowest BCUT2D eigenvalue weighted by molar-refractivity contribution is 0.294. The van der Waals surface area contributed by atoms with Crippen molar-refractivity contribution in [1.29, 1.82) is 0 Å². The Labute approximate surface area is 170 Å². The summed E-state index contributed by atoms with van der Waals surface area (Å²) in [5.74, 6) is 1.39.